The second-order valence-corrected chi connectivity index (χ2v) is 6.32. The molecule has 0 saturated carbocycles. The number of carbonyl (C=O) groups excluding carboxylic acids is 1. The predicted octanol–water partition coefficient (Wildman–Crippen LogP) is 3.10. The molecule has 1 amide bonds. The number of hydrogen-bond acceptors (Lipinski definition) is 3. The Kier molecular flexibility index (Phi) is 5.34. The minimum Gasteiger partial charge on any atom is -0.496 e. The maximum Gasteiger partial charge on any atom is 0.223 e. The molecule has 5 heteroatoms. The van der Waals surface area contributed by atoms with E-state index in [0.29, 0.717) is 19.3 Å². The van der Waals surface area contributed by atoms with Gasteiger partial charge in [-0.15, -0.1) is 0 Å². The van der Waals surface area contributed by atoms with E-state index in [1.807, 2.05) is 24.3 Å². The Balaban J connectivity index is 1.71. The molecule has 1 saturated heterocycles. The van der Waals surface area contributed by atoms with Crippen LogP contribution < -0.4 is 4.74 Å². The monoisotopic (exact) mass is 343 g/mol. The first-order valence-electron chi connectivity index (χ1n) is 8.43. The Morgan fingerprint density at radius 1 is 1.28 bits per heavy atom. The first-order chi connectivity index (χ1) is 12.1. The molecule has 25 heavy (non-hydrogen) atoms. The van der Waals surface area contributed by atoms with E-state index in [1.165, 1.54) is 12.1 Å². The van der Waals surface area contributed by atoms with Gasteiger partial charge in [-0.3, -0.25) is 4.79 Å². The first kappa shape index (κ1) is 17.4. The Labute approximate surface area is 146 Å². The van der Waals surface area contributed by atoms with Gasteiger partial charge in [0.25, 0.3) is 0 Å². The summed E-state index contributed by atoms with van der Waals surface area (Å²) in [4.78, 5) is 14.4. The van der Waals surface area contributed by atoms with Crippen LogP contribution in [-0.4, -0.2) is 35.7 Å². The molecule has 1 heterocycles. The van der Waals surface area contributed by atoms with Gasteiger partial charge in [-0.05, 0) is 42.2 Å². The minimum atomic E-state index is -0.580. The molecule has 0 spiro atoms. The summed E-state index contributed by atoms with van der Waals surface area (Å²) in [6.07, 6.45) is 0.733. The van der Waals surface area contributed by atoms with Crippen LogP contribution in [0.3, 0.4) is 0 Å². The summed E-state index contributed by atoms with van der Waals surface area (Å²) in [6.45, 7) is 0.284. The maximum absolute atomic E-state index is 13.5. The van der Waals surface area contributed by atoms with Crippen LogP contribution in [0.2, 0.25) is 0 Å². The van der Waals surface area contributed by atoms with E-state index in [0.717, 1.165) is 16.9 Å². The number of aryl methyl sites for hydroxylation is 1. The molecule has 0 aliphatic carbocycles. The molecule has 1 N–H and O–H groups in total. The van der Waals surface area contributed by atoms with Gasteiger partial charge in [-0.2, -0.15) is 0 Å². The Bertz CT molecular complexity index is 749. The molecule has 0 unspecified atom stereocenters. The fourth-order valence-electron chi connectivity index (χ4n) is 3.41. The smallest absolute Gasteiger partial charge is 0.223 e. The van der Waals surface area contributed by atoms with E-state index >= 15 is 0 Å². The first-order valence-corrected chi connectivity index (χ1v) is 8.43. The van der Waals surface area contributed by atoms with Gasteiger partial charge >= 0.3 is 0 Å². The number of ether oxygens (including phenoxy) is 1. The second-order valence-electron chi connectivity index (χ2n) is 6.32. The summed E-state index contributed by atoms with van der Waals surface area (Å²) >= 11 is 0. The highest BCUT2D eigenvalue weighted by Crippen LogP contribution is 2.33. The zero-order valence-corrected chi connectivity index (χ0v) is 14.2. The lowest BCUT2D eigenvalue weighted by atomic mass is 10.0. The second kappa shape index (κ2) is 7.66. The minimum absolute atomic E-state index is 0.0447. The van der Waals surface area contributed by atoms with Crippen molar-refractivity contribution in [3.05, 3.63) is 65.5 Å². The number of likely N-dealkylation sites (tertiary alicyclic amines) is 1. The normalized spacial score (nSPS) is 19.9. The van der Waals surface area contributed by atoms with E-state index in [1.54, 1.807) is 24.1 Å². The van der Waals surface area contributed by atoms with Crippen molar-refractivity contribution < 1.29 is 19.0 Å². The number of hydrogen-bond donors (Lipinski definition) is 1. The third kappa shape index (κ3) is 3.99. The van der Waals surface area contributed by atoms with Crippen molar-refractivity contribution in [2.24, 2.45) is 0 Å². The average molecular weight is 343 g/mol. The van der Waals surface area contributed by atoms with Crippen LogP contribution in [0.4, 0.5) is 4.39 Å². The lowest BCUT2D eigenvalue weighted by molar-refractivity contribution is -0.132. The fraction of sp³-hybridized carbons (Fsp3) is 0.350. The molecule has 2 aromatic carbocycles. The van der Waals surface area contributed by atoms with Crippen molar-refractivity contribution in [2.45, 2.75) is 31.4 Å². The summed E-state index contributed by atoms with van der Waals surface area (Å²) in [5.74, 6) is 0.385. The van der Waals surface area contributed by atoms with E-state index in [4.69, 9.17) is 4.74 Å². The van der Waals surface area contributed by atoms with Gasteiger partial charge in [-0.1, -0.05) is 30.3 Å². The molecule has 0 aromatic heterocycles. The molecule has 4 nitrogen and oxygen atoms in total. The zero-order valence-electron chi connectivity index (χ0n) is 14.2. The van der Waals surface area contributed by atoms with E-state index in [9.17, 15) is 14.3 Å². The standard InChI is InChI=1S/C20H22FNO3/c1-25-19-8-3-2-5-14(19)9-10-20(24)22-13-17(23)12-18(22)15-6-4-7-16(21)11-15/h2-8,11,17-18,23H,9-10,12-13H2,1H3/t17-,18-/m0/s1. The number of halogens is 1. The molecule has 1 fully saturated rings. The van der Waals surface area contributed by atoms with Crippen LogP contribution >= 0.6 is 0 Å². The molecule has 1 aliphatic rings. The van der Waals surface area contributed by atoms with Crippen LogP contribution in [0.15, 0.2) is 48.5 Å². The van der Waals surface area contributed by atoms with Crippen LogP contribution in [0.25, 0.3) is 0 Å². The number of β-amino-alcohol motifs (C(OH)–C–C–N with tert-alkyl or cyclic N) is 1. The number of rotatable bonds is 5. The number of para-hydroxylation sites is 1. The van der Waals surface area contributed by atoms with Crippen molar-refractivity contribution in [1.29, 1.82) is 0 Å². The highest BCUT2D eigenvalue weighted by atomic mass is 19.1. The summed E-state index contributed by atoms with van der Waals surface area (Å²) in [6, 6.07) is 13.6. The van der Waals surface area contributed by atoms with Gasteiger partial charge in [0.2, 0.25) is 5.91 Å². The van der Waals surface area contributed by atoms with Gasteiger partial charge in [0.05, 0.1) is 19.3 Å². The molecule has 0 radical (unpaired) electrons. The molecule has 1 aliphatic heterocycles. The van der Waals surface area contributed by atoms with Crippen molar-refractivity contribution in [2.75, 3.05) is 13.7 Å². The average Bonchev–Trinajstić information content (AvgIpc) is 3.02. The van der Waals surface area contributed by atoms with Gasteiger partial charge < -0.3 is 14.7 Å². The number of benzene rings is 2. The molecule has 0 bridgehead atoms. The van der Waals surface area contributed by atoms with Crippen molar-refractivity contribution in [3.8, 4) is 5.75 Å². The van der Waals surface area contributed by atoms with Crippen LogP contribution in [0.5, 0.6) is 5.75 Å². The van der Waals surface area contributed by atoms with E-state index < -0.39 is 6.10 Å². The lowest BCUT2D eigenvalue weighted by Crippen LogP contribution is -2.32. The Hall–Kier alpha value is -2.40. The largest absolute Gasteiger partial charge is 0.496 e. The molecule has 2 atom stereocenters. The predicted molar refractivity (Wildman–Crippen MR) is 92.8 cm³/mol. The maximum atomic E-state index is 13.5. The third-order valence-corrected chi connectivity index (χ3v) is 4.63. The van der Waals surface area contributed by atoms with Crippen molar-refractivity contribution >= 4 is 5.91 Å². The molecular formula is C20H22FNO3. The molecule has 3 rings (SSSR count). The number of methoxy groups -OCH3 is 1. The summed E-state index contributed by atoms with van der Waals surface area (Å²) in [5.41, 5.74) is 1.70. The quantitative estimate of drug-likeness (QED) is 0.908. The number of aliphatic hydroxyl groups excluding tert-OH is 1. The van der Waals surface area contributed by atoms with Crippen LogP contribution in [0, 0.1) is 5.82 Å². The molecular weight excluding hydrogens is 321 g/mol. The number of aliphatic hydroxyl groups is 1. The van der Waals surface area contributed by atoms with Crippen LogP contribution in [-0.2, 0) is 11.2 Å². The van der Waals surface area contributed by atoms with E-state index in [2.05, 4.69) is 0 Å². The summed E-state index contributed by atoms with van der Waals surface area (Å²) < 4.78 is 18.8. The number of nitrogens with zero attached hydrogens (tertiary/aromatic N) is 1. The number of carbonyl (C=O) groups is 1. The van der Waals surface area contributed by atoms with Gasteiger partial charge in [0.1, 0.15) is 11.6 Å². The summed E-state index contributed by atoms with van der Waals surface area (Å²) in [5, 5.41) is 10.0. The van der Waals surface area contributed by atoms with Crippen molar-refractivity contribution in [3.63, 3.8) is 0 Å². The Morgan fingerprint density at radius 2 is 2.08 bits per heavy atom. The van der Waals surface area contributed by atoms with E-state index in [-0.39, 0.29) is 24.3 Å². The highest BCUT2D eigenvalue weighted by Gasteiger charge is 2.35. The fourth-order valence-corrected chi connectivity index (χ4v) is 3.41. The zero-order chi connectivity index (χ0) is 17.8. The Morgan fingerprint density at radius 3 is 2.84 bits per heavy atom. The lowest BCUT2D eigenvalue weighted by Gasteiger charge is -2.25. The SMILES string of the molecule is COc1ccccc1CCC(=O)N1C[C@@H](O)C[C@H]1c1cccc(F)c1. The third-order valence-electron chi connectivity index (χ3n) is 4.63. The van der Waals surface area contributed by atoms with Crippen molar-refractivity contribution in [1.82, 2.24) is 4.90 Å². The van der Waals surface area contributed by atoms with Gasteiger partial charge in [0, 0.05) is 13.0 Å². The highest BCUT2D eigenvalue weighted by molar-refractivity contribution is 5.77. The summed E-state index contributed by atoms with van der Waals surface area (Å²) in [7, 11) is 1.61. The van der Waals surface area contributed by atoms with Crippen LogP contribution in [0.1, 0.15) is 30.0 Å². The van der Waals surface area contributed by atoms with Gasteiger partial charge in [0.15, 0.2) is 0 Å². The molecule has 2 aromatic rings. The number of amides is 1. The topological polar surface area (TPSA) is 49.8 Å². The molecule has 132 valence electrons. The van der Waals surface area contributed by atoms with Gasteiger partial charge in [-0.25, -0.2) is 4.39 Å².